The number of hydrogen-bond donors (Lipinski definition) is 2. The van der Waals surface area contributed by atoms with Gasteiger partial charge in [0.25, 0.3) is 0 Å². The van der Waals surface area contributed by atoms with Gasteiger partial charge in [-0.1, -0.05) is 30.3 Å². The molecular weight excluding hydrogens is 288 g/mol. The van der Waals surface area contributed by atoms with Gasteiger partial charge in [0, 0.05) is 29.4 Å². The summed E-state index contributed by atoms with van der Waals surface area (Å²) in [5.74, 6) is -0.321. The van der Waals surface area contributed by atoms with Crippen molar-refractivity contribution in [1.82, 2.24) is 15.3 Å². The van der Waals surface area contributed by atoms with E-state index in [2.05, 4.69) is 21.4 Å². The van der Waals surface area contributed by atoms with Crippen molar-refractivity contribution in [3.8, 4) is 6.07 Å². The van der Waals surface area contributed by atoms with Gasteiger partial charge in [0.15, 0.2) is 0 Å². The Morgan fingerprint density at radius 1 is 1.26 bits per heavy atom. The first kappa shape index (κ1) is 14.5. The molecule has 2 heterocycles. The highest BCUT2D eigenvalue weighted by molar-refractivity contribution is 5.95. The second-order valence-corrected chi connectivity index (χ2v) is 4.96. The molecule has 0 aliphatic carbocycles. The molecule has 5 nitrogen and oxygen atoms in total. The molecule has 0 aliphatic rings. The second-order valence-electron chi connectivity index (χ2n) is 4.96. The summed E-state index contributed by atoms with van der Waals surface area (Å²) >= 11 is 0. The molecule has 0 aliphatic heterocycles. The topological polar surface area (TPSA) is 81.6 Å². The summed E-state index contributed by atoms with van der Waals surface area (Å²) in [6.45, 7) is 0. The Hall–Kier alpha value is -3.39. The lowest BCUT2D eigenvalue weighted by atomic mass is 10.1. The van der Waals surface area contributed by atoms with Gasteiger partial charge in [0.2, 0.25) is 5.91 Å². The molecule has 5 heteroatoms. The van der Waals surface area contributed by atoms with Crippen LogP contribution in [0.1, 0.15) is 17.2 Å². The van der Waals surface area contributed by atoms with Crippen molar-refractivity contribution in [3.05, 3.63) is 72.1 Å². The second kappa shape index (κ2) is 6.58. The summed E-state index contributed by atoms with van der Waals surface area (Å²) in [6.07, 6.45) is 6.62. The number of pyridine rings is 1. The van der Waals surface area contributed by atoms with E-state index in [1.807, 2.05) is 42.5 Å². The highest BCUT2D eigenvalue weighted by Crippen LogP contribution is 2.17. The summed E-state index contributed by atoms with van der Waals surface area (Å²) in [5.41, 5.74) is 2.40. The molecule has 0 saturated heterocycles. The van der Waals surface area contributed by atoms with Gasteiger partial charge in [0.1, 0.15) is 11.7 Å². The number of benzene rings is 1. The fraction of sp³-hybridized carbons (Fsp3) is 0.0556. The molecule has 1 amide bonds. The average Bonchev–Trinajstić information content (AvgIpc) is 3.02. The maximum Gasteiger partial charge on any atom is 0.245 e. The van der Waals surface area contributed by atoms with Crippen molar-refractivity contribution in [1.29, 1.82) is 5.26 Å². The van der Waals surface area contributed by atoms with Crippen LogP contribution in [0.2, 0.25) is 0 Å². The highest BCUT2D eigenvalue weighted by Gasteiger charge is 2.11. The third kappa shape index (κ3) is 3.27. The first-order chi connectivity index (χ1) is 11.3. The molecule has 0 fully saturated rings. The zero-order valence-electron chi connectivity index (χ0n) is 12.2. The van der Waals surface area contributed by atoms with Crippen molar-refractivity contribution in [2.45, 2.75) is 6.04 Å². The number of rotatable bonds is 4. The number of nitrogens with one attached hydrogen (secondary N) is 2. The van der Waals surface area contributed by atoms with Gasteiger partial charge in [-0.25, -0.2) is 4.98 Å². The van der Waals surface area contributed by atoms with Crippen LogP contribution in [0.25, 0.3) is 17.1 Å². The van der Waals surface area contributed by atoms with Crippen LogP contribution < -0.4 is 5.32 Å². The van der Waals surface area contributed by atoms with E-state index in [1.54, 1.807) is 18.5 Å². The van der Waals surface area contributed by atoms with Crippen LogP contribution >= 0.6 is 0 Å². The van der Waals surface area contributed by atoms with Crippen LogP contribution in [0.15, 0.2) is 60.9 Å². The Labute approximate surface area is 133 Å². The van der Waals surface area contributed by atoms with Gasteiger partial charge >= 0.3 is 0 Å². The van der Waals surface area contributed by atoms with E-state index in [-0.39, 0.29) is 5.91 Å². The number of nitrogens with zero attached hydrogens (tertiary/aromatic N) is 2. The summed E-state index contributed by atoms with van der Waals surface area (Å²) < 4.78 is 0. The standard InChI is InChI=1S/C18H14N4O/c19-11-16(13-5-2-1-3-6-13)22-17(23)9-8-14-12-21-18-15(14)7-4-10-20-18/h1-10,12,16H,(H,20,21)(H,22,23). The van der Waals surface area contributed by atoms with E-state index in [0.717, 1.165) is 22.2 Å². The number of fused-ring (bicyclic) bond motifs is 1. The van der Waals surface area contributed by atoms with Gasteiger partial charge in [-0.2, -0.15) is 5.26 Å². The van der Waals surface area contributed by atoms with E-state index in [4.69, 9.17) is 0 Å². The smallest absolute Gasteiger partial charge is 0.245 e. The third-order valence-corrected chi connectivity index (χ3v) is 3.45. The molecule has 112 valence electrons. The van der Waals surface area contributed by atoms with Crippen LogP contribution in [-0.4, -0.2) is 15.9 Å². The van der Waals surface area contributed by atoms with E-state index >= 15 is 0 Å². The molecule has 2 aromatic heterocycles. The normalized spacial score (nSPS) is 12.1. The van der Waals surface area contributed by atoms with Crippen LogP contribution in [0.5, 0.6) is 0 Å². The molecule has 0 bridgehead atoms. The van der Waals surface area contributed by atoms with Gasteiger partial charge in [0.05, 0.1) is 6.07 Å². The minimum atomic E-state index is -0.669. The number of carbonyl (C=O) groups excluding carboxylic acids is 1. The fourth-order valence-corrected chi connectivity index (χ4v) is 2.31. The third-order valence-electron chi connectivity index (χ3n) is 3.45. The Morgan fingerprint density at radius 2 is 2.09 bits per heavy atom. The number of aromatic nitrogens is 2. The molecule has 1 aromatic carbocycles. The van der Waals surface area contributed by atoms with Gasteiger partial charge < -0.3 is 10.3 Å². The SMILES string of the molecule is N#CC(NC(=O)C=Cc1c[nH]c2ncccc12)c1ccccc1. The number of nitriles is 1. The van der Waals surface area contributed by atoms with E-state index in [0.29, 0.717) is 0 Å². The summed E-state index contributed by atoms with van der Waals surface area (Å²) in [6, 6.07) is 14.3. The van der Waals surface area contributed by atoms with Crippen LogP contribution in [0, 0.1) is 11.3 Å². The monoisotopic (exact) mass is 302 g/mol. The summed E-state index contributed by atoms with van der Waals surface area (Å²) in [5, 5.41) is 12.8. The van der Waals surface area contributed by atoms with Crippen molar-refractivity contribution in [3.63, 3.8) is 0 Å². The molecule has 0 spiro atoms. The fourth-order valence-electron chi connectivity index (χ4n) is 2.31. The lowest BCUT2D eigenvalue weighted by Gasteiger charge is -2.09. The largest absolute Gasteiger partial charge is 0.346 e. The minimum absolute atomic E-state index is 0.321. The first-order valence-electron chi connectivity index (χ1n) is 7.13. The van der Waals surface area contributed by atoms with Crippen LogP contribution in [0.4, 0.5) is 0 Å². The zero-order valence-corrected chi connectivity index (χ0v) is 12.2. The molecule has 1 atom stereocenters. The number of amides is 1. The van der Waals surface area contributed by atoms with Crippen LogP contribution in [0.3, 0.4) is 0 Å². The van der Waals surface area contributed by atoms with Crippen molar-refractivity contribution < 1.29 is 4.79 Å². The Balaban J connectivity index is 1.73. The molecule has 0 saturated carbocycles. The maximum atomic E-state index is 12.0. The summed E-state index contributed by atoms with van der Waals surface area (Å²) in [4.78, 5) is 19.3. The molecule has 3 rings (SSSR count). The first-order valence-corrected chi connectivity index (χ1v) is 7.13. The van der Waals surface area contributed by atoms with Crippen molar-refractivity contribution in [2.75, 3.05) is 0 Å². The van der Waals surface area contributed by atoms with Crippen LogP contribution in [-0.2, 0) is 4.79 Å². The minimum Gasteiger partial charge on any atom is -0.346 e. The quantitative estimate of drug-likeness (QED) is 0.727. The predicted octanol–water partition coefficient (Wildman–Crippen LogP) is 2.96. The van der Waals surface area contributed by atoms with Gasteiger partial charge in [-0.3, -0.25) is 4.79 Å². The Bertz CT molecular complexity index is 890. The Morgan fingerprint density at radius 3 is 2.87 bits per heavy atom. The molecule has 23 heavy (non-hydrogen) atoms. The lowest BCUT2D eigenvalue weighted by molar-refractivity contribution is -0.116. The maximum absolute atomic E-state index is 12.0. The average molecular weight is 302 g/mol. The summed E-state index contributed by atoms with van der Waals surface area (Å²) in [7, 11) is 0. The molecule has 2 N–H and O–H groups in total. The Kier molecular flexibility index (Phi) is 4.16. The van der Waals surface area contributed by atoms with E-state index in [1.165, 1.54) is 6.08 Å². The molecular formula is C18H14N4O. The zero-order chi connectivity index (χ0) is 16.1. The number of H-pyrrole nitrogens is 1. The molecule has 3 aromatic rings. The number of aromatic amines is 1. The van der Waals surface area contributed by atoms with Crippen molar-refractivity contribution >= 4 is 23.0 Å². The van der Waals surface area contributed by atoms with Gasteiger partial charge in [-0.05, 0) is 23.8 Å². The number of hydrogen-bond acceptors (Lipinski definition) is 3. The van der Waals surface area contributed by atoms with E-state index < -0.39 is 6.04 Å². The lowest BCUT2D eigenvalue weighted by Crippen LogP contribution is -2.25. The molecule has 1 unspecified atom stereocenters. The van der Waals surface area contributed by atoms with E-state index in [9.17, 15) is 10.1 Å². The highest BCUT2D eigenvalue weighted by atomic mass is 16.1. The van der Waals surface area contributed by atoms with Crippen molar-refractivity contribution in [2.24, 2.45) is 0 Å². The predicted molar refractivity (Wildman–Crippen MR) is 88.1 cm³/mol. The molecule has 0 radical (unpaired) electrons. The number of carbonyl (C=O) groups is 1. The van der Waals surface area contributed by atoms with Gasteiger partial charge in [-0.15, -0.1) is 0 Å².